The molecular weight excluding hydrogens is 1090 g/mol. The van der Waals surface area contributed by atoms with Crippen LogP contribution in [-0.4, -0.2) is 47.4 Å². The van der Waals surface area contributed by atoms with Gasteiger partial charge in [-0.3, -0.25) is 9.59 Å². The van der Waals surface area contributed by atoms with E-state index in [1.165, 1.54) is 372 Å². The Morgan fingerprint density at radius 3 is 0.876 bits per heavy atom. The van der Waals surface area contributed by atoms with Crippen LogP contribution in [-0.2, 0) is 14.3 Å². The van der Waals surface area contributed by atoms with Crippen LogP contribution in [0.15, 0.2) is 36.5 Å². The first-order valence-corrected chi connectivity index (χ1v) is 40.7. The Labute approximate surface area is 557 Å². The third-order valence-electron chi connectivity index (χ3n) is 19.2. The molecule has 0 bridgehead atoms. The van der Waals surface area contributed by atoms with Gasteiger partial charge in [0.1, 0.15) is 0 Å². The van der Waals surface area contributed by atoms with Gasteiger partial charge in [0.15, 0.2) is 0 Å². The average molecular weight is 1250 g/mol. The van der Waals surface area contributed by atoms with E-state index in [1.807, 2.05) is 0 Å². The third-order valence-corrected chi connectivity index (χ3v) is 19.2. The zero-order chi connectivity index (χ0) is 64.2. The van der Waals surface area contributed by atoms with E-state index in [0.717, 1.165) is 51.4 Å². The highest BCUT2D eigenvalue weighted by Gasteiger charge is 2.20. The summed E-state index contributed by atoms with van der Waals surface area (Å²) < 4.78 is 5.51. The molecule has 0 aliphatic carbocycles. The SMILES string of the molecule is CCCCCC/C=C\C/C=C\CCCCCCCCCC(=O)OCCCCCCCCCCCCCCCCCCCC/C=C\CCCCCCCCCCCCCCCCCCCC(=O)NC(CO)C(O)CCCCCCCCCCCCCCCCC. The summed E-state index contributed by atoms with van der Waals surface area (Å²) in [5.74, 6) is -0.0114. The second-order valence-electron chi connectivity index (χ2n) is 28.1. The van der Waals surface area contributed by atoms with Gasteiger partial charge >= 0.3 is 5.97 Å². The number of amides is 1. The van der Waals surface area contributed by atoms with Gasteiger partial charge in [0.2, 0.25) is 5.91 Å². The molecule has 0 fully saturated rings. The van der Waals surface area contributed by atoms with Crippen molar-refractivity contribution < 1.29 is 24.5 Å². The van der Waals surface area contributed by atoms with Gasteiger partial charge in [-0.05, 0) is 83.5 Å². The lowest BCUT2D eigenvalue weighted by Gasteiger charge is -2.22. The summed E-state index contributed by atoms with van der Waals surface area (Å²) >= 11 is 0. The minimum Gasteiger partial charge on any atom is -0.466 e. The number of nitrogens with one attached hydrogen (secondary N) is 1. The minimum atomic E-state index is -0.661. The molecule has 2 unspecified atom stereocenters. The lowest BCUT2D eigenvalue weighted by molar-refractivity contribution is -0.143. The van der Waals surface area contributed by atoms with Crippen LogP contribution in [0.2, 0.25) is 0 Å². The molecule has 0 aromatic rings. The van der Waals surface area contributed by atoms with Crippen LogP contribution in [0.1, 0.15) is 457 Å². The largest absolute Gasteiger partial charge is 0.466 e. The van der Waals surface area contributed by atoms with Crippen molar-refractivity contribution in [1.82, 2.24) is 5.32 Å². The van der Waals surface area contributed by atoms with Crippen LogP contribution in [0.4, 0.5) is 0 Å². The summed E-state index contributed by atoms with van der Waals surface area (Å²) in [4.78, 5) is 24.6. The number of allylic oxidation sites excluding steroid dienone is 6. The van der Waals surface area contributed by atoms with Gasteiger partial charge in [0.05, 0.1) is 25.4 Å². The summed E-state index contributed by atoms with van der Waals surface area (Å²) in [6, 6.07) is -0.538. The maximum atomic E-state index is 12.5. The first-order chi connectivity index (χ1) is 44.0. The van der Waals surface area contributed by atoms with Crippen LogP contribution >= 0.6 is 0 Å². The van der Waals surface area contributed by atoms with Gasteiger partial charge in [0, 0.05) is 12.8 Å². The van der Waals surface area contributed by atoms with Gasteiger partial charge in [-0.15, -0.1) is 0 Å². The van der Waals surface area contributed by atoms with E-state index in [9.17, 15) is 19.8 Å². The zero-order valence-electron chi connectivity index (χ0n) is 60.4. The van der Waals surface area contributed by atoms with E-state index in [4.69, 9.17) is 4.74 Å². The molecule has 0 heterocycles. The lowest BCUT2D eigenvalue weighted by Crippen LogP contribution is -2.45. The van der Waals surface area contributed by atoms with Crippen molar-refractivity contribution >= 4 is 11.9 Å². The van der Waals surface area contributed by atoms with Crippen molar-refractivity contribution in [3.05, 3.63) is 36.5 Å². The van der Waals surface area contributed by atoms with E-state index in [1.54, 1.807) is 0 Å². The van der Waals surface area contributed by atoms with Crippen LogP contribution in [0.3, 0.4) is 0 Å². The quantitative estimate of drug-likeness (QED) is 0.0320. The van der Waals surface area contributed by atoms with E-state index in [2.05, 4.69) is 55.6 Å². The average Bonchev–Trinajstić information content (AvgIpc) is 3.59. The Hall–Kier alpha value is -1.92. The Morgan fingerprint density at radius 1 is 0.315 bits per heavy atom. The van der Waals surface area contributed by atoms with Crippen LogP contribution < -0.4 is 5.32 Å². The Bertz CT molecular complexity index is 1440. The normalized spacial score (nSPS) is 12.6. The molecule has 0 spiro atoms. The van der Waals surface area contributed by atoms with Crippen molar-refractivity contribution in [2.45, 2.75) is 469 Å². The molecule has 1 amide bonds. The molecule has 0 aliphatic heterocycles. The molecule has 0 rings (SSSR count). The van der Waals surface area contributed by atoms with Gasteiger partial charge < -0.3 is 20.3 Å². The molecule has 0 aliphatic rings. The number of hydrogen-bond acceptors (Lipinski definition) is 5. The van der Waals surface area contributed by atoms with Crippen molar-refractivity contribution in [1.29, 1.82) is 0 Å². The van der Waals surface area contributed by atoms with Crippen LogP contribution in [0.5, 0.6) is 0 Å². The maximum absolute atomic E-state index is 12.5. The Kier molecular flexibility index (Phi) is 76.8. The molecule has 0 aromatic carbocycles. The molecule has 6 nitrogen and oxygen atoms in total. The molecule has 0 saturated carbocycles. The van der Waals surface area contributed by atoms with Crippen LogP contribution in [0, 0.1) is 0 Å². The fraction of sp³-hybridized carbons (Fsp3) is 0.904. The van der Waals surface area contributed by atoms with E-state index >= 15 is 0 Å². The lowest BCUT2D eigenvalue weighted by atomic mass is 10.0. The van der Waals surface area contributed by atoms with Gasteiger partial charge in [0.25, 0.3) is 0 Å². The summed E-state index contributed by atoms with van der Waals surface area (Å²) in [5, 5.41) is 23.4. The standard InChI is InChI=1S/C83H159NO5/c1-3-5-7-9-11-13-15-17-19-20-45-49-53-57-61-65-69-73-77-83(88)89-78-74-70-66-62-58-54-50-46-43-41-39-37-35-33-31-29-27-25-23-21-22-24-26-28-30-32-34-36-38-40-42-44-48-52-56-60-64-68-72-76-82(87)84-80(79-85)81(86)75-71-67-63-59-55-51-47-18-16-14-12-10-8-6-4-2/h13,15,19-22,80-81,85-86H,3-12,14,16-18,23-79H2,1-2H3,(H,84,87)/b15-13-,20-19-,22-21-. The monoisotopic (exact) mass is 1250 g/mol. The molecule has 0 radical (unpaired) electrons. The van der Waals surface area contributed by atoms with Gasteiger partial charge in [-0.1, -0.05) is 397 Å². The fourth-order valence-corrected chi connectivity index (χ4v) is 13.0. The van der Waals surface area contributed by atoms with Gasteiger partial charge in [-0.25, -0.2) is 0 Å². The smallest absolute Gasteiger partial charge is 0.305 e. The van der Waals surface area contributed by atoms with Gasteiger partial charge in [-0.2, -0.15) is 0 Å². The summed E-state index contributed by atoms with van der Waals surface area (Å²) in [7, 11) is 0. The molecular formula is C83H159NO5. The second kappa shape index (κ2) is 78.5. The van der Waals surface area contributed by atoms with E-state index < -0.39 is 12.1 Å². The van der Waals surface area contributed by atoms with E-state index in [-0.39, 0.29) is 18.5 Å². The summed E-state index contributed by atoms with van der Waals surface area (Å²) in [6.45, 7) is 4.98. The second-order valence-corrected chi connectivity index (χ2v) is 28.1. The number of carbonyl (C=O) groups is 2. The van der Waals surface area contributed by atoms with Crippen molar-refractivity contribution in [3.63, 3.8) is 0 Å². The minimum absolute atomic E-state index is 0.0158. The zero-order valence-corrected chi connectivity index (χ0v) is 60.4. The fourth-order valence-electron chi connectivity index (χ4n) is 13.0. The maximum Gasteiger partial charge on any atom is 0.305 e. The molecule has 526 valence electrons. The van der Waals surface area contributed by atoms with E-state index in [0.29, 0.717) is 25.9 Å². The predicted octanol–water partition coefficient (Wildman–Crippen LogP) is 27.0. The molecule has 0 saturated heterocycles. The Balaban J connectivity index is 3.31. The summed E-state index contributed by atoms with van der Waals surface area (Å²) in [6.07, 6.45) is 103. The highest BCUT2D eigenvalue weighted by atomic mass is 16.5. The number of aliphatic hydroxyl groups excluding tert-OH is 2. The van der Waals surface area contributed by atoms with Crippen molar-refractivity contribution in [3.8, 4) is 0 Å². The first kappa shape index (κ1) is 87.1. The molecule has 89 heavy (non-hydrogen) atoms. The molecule has 2 atom stereocenters. The molecule has 0 aromatic heterocycles. The van der Waals surface area contributed by atoms with Crippen molar-refractivity contribution in [2.24, 2.45) is 0 Å². The number of aliphatic hydroxyl groups is 2. The first-order valence-electron chi connectivity index (χ1n) is 40.7. The third kappa shape index (κ3) is 75.0. The number of rotatable bonds is 77. The van der Waals surface area contributed by atoms with Crippen molar-refractivity contribution in [2.75, 3.05) is 13.2 Å². The highest BCUT2D eigenvalue weighted by molar-refractivity contribution is 5.76. The number of unbranched alkanes of at least 4 members (excludes halogenated alkanes) is 60. The number of hydrogen-bond donors (Lipinski definition) is 3. The summed E-state index contributed by atoms with van der Waals surface area (Å²) in [5.41, 5.74) is 0. The topological polar surface area (TPSA) is 95.9 Å². The predicted molar refractivity (Wildman–Crippen MR) is 393 cm³/mol. The molecule has 3 N–H and O–H groups in total. The number of ether oxygens (including phenoxy) is 1. The molecule has 6 heteroatoms. The number of carbonyl (C=O) groups excluding carboxylic acids is 2. The van der Waals surface area contributed by atoms with Crippen LogP contribution in [0.25, 0.3) is 0 Å². The highest BCUT2D eigenvalue weighted by Crippen LogP contribution is 2.20. The Morgan fingerprint density at radius 2 is 0.562 bits per heavy atom. The number of esters is 1.